The fourth-order valence-electron chi connectivity index (χ4n) is 5.63. The van der Waals surface area contributed by atoms with Gasteiger partial charge in [-0.2, -0.15) is 0 Å². The zero-order valence-electron chi connectivity index (χ0n) is 25.4. The summed E-state index contributed by atoms with van der Waals surface area (Å²) in [4.78, 5) is 42.0. The standard InChI is InChI=1S/C36H33NO8/c1-41-29-19-26(20-30(42-2)33(29)43-3)32-31-25(21-38)16-11-17-27(31)34(39)37(35(32)44-4)28(18-23-12-7-5-8-13-23)36(40)45-22-24-14-9-6-10-15-24/h5-17,19-20,28,35H,18,22H2,1-4H3/t28-,35?/m0/s1. The first-order valence-corrected chi connectivity index (χ1v) is 14.2. The quantitative estimate of drug-likeness (QED) is 0.240. The Bertz CT molecular complexity index is 1810. The molecular weight excluding hydrogens is 574 g/mol. The Labute approximate surface area is 260 Å². The van der Waals surface area contributed by atoms with Gasteiger partial charge >= 0.3 is 5.97 Å². The summed E-state index contributed by atoms with van der Waals surface area (Å²) in [5, 5.41) is 0.503. The SMILES string of the molecule is COc1cc(C2=c3c(cccc3=C=O)C(=O)N([C@@H](Cc3ccccc3)C(=O)OCc3ccccc3)C2OC)cc(OC)c1OC. The van der Waals surface area contributed by atoms with Gasteiger partial charge in [0.05, 0.1) is 26.5 Å². The molecule has 0 N–H and O–H groups in total. The highest BCUT2D eigenvalue weighted by Crippen LogP contribution is 2.41. The Morgan fingerprint density at radius 2 is 1.44 bits per heavy atom. The van der Waals surface area contributed by atoms with Crippen molar-refractivity contribution in [3.8, 4) is 17.2 Å². The number of ether oxygens (including phenoxy) is 5. The van der Waals surface area contributed by atoms with Crippen molar-refractivity contribution in [1.82, 2.24) is 4.90 Å². The number of nitrogens with zero attached hydrogens (tertiary/aromatic N) is 1. The number of esters is 1. The smallest absolute Gasteiger partial charge is 0.329 e. The Morgan fingerprint density at radius 3 is 2.00 bits per heavy atom. The van der Waals surface area contributed by atoms with Crippen LogP contribution in [0.5, 0.6) is 17.2 Å². The first-order chi connectivity index (χ1) is 21.9. The fraction of sp³-hybridized carbons (Fsp3) is 0.222. The van der Waals surface area contributed by atoms with Crippen LogP contribution in [0.15, 0.2) is 91.0 Å². The zero-order chi connectivity index (χ0) is 31.9. The van der Waals surface area contributed by atoms with Gasteiger partial charge in [-0.05, 0) is 41.0 Å². The molecule has 0 saturated heterocycles. The lowest BCUT2D eigenvalue weighted by Gasteiger charge is -2.40. The molecule has 1 aliphatic heterocycles. The molecule has 1 unspecified atom stereocenters. The van der Waals surface area contributed by atoms with Gasteiger partial charge in [-0.25, -0.2) is 9.59 Å². The van der Waals surface area contributed by atoms with Crippen LogP contribution in [0.1, 0.15) is 27.0 Å². The van der Waals surface area contributed by atoms with Crippen molar-refractivity contribution < 1.29 is 38.1 Å². The van der Waals surface area contributed by atoms with Crippen LogP contribution in [0.4, 0.5) is 0 Å². The molecule has 230 valence electrons. The summed E-state index contributed by atoms with van der Waals surface area (Å²) in [5.41, 5.74) is 2.80. The second-order valence-corrected chi connectivity index (χ2v) is 10.3. The highest BCUT2D eigenvalue weighted by molar-refractivity contribution is 6.02. The van der Waals surface area contributed by atoms with Crippen LogP contribution in [0.2, 0.25) is 0 Å². The van der Waals surface area contributed by atoms with E-state index in [1.54, 1.807) is 30.3 Å². The summed E-state index contributed by atoms with van der Waals surface area (Å²) < 4.78 is 28.6. The molecule has 1 heterocycles. The Balaban J connectivity index is 1.72. The van der Waals surface area contributed by atoms with Gasteiger partial charge in [-0.3, -0.25) is 9.69 Å². The number of fused-ring (bicyclic) bond motifs is 1. The maximum absolute atomic E-state index is 14.4. The summed E-state index contributed by atoms with van der Waals surface area (Å²) in [7, 11) is 5.92. The number of carbonyl (C=O) groups excluding carboxylic acids is 3. The molecule has 4 aromatic rings. The largest absolute Gasteiger partial charge is 0.493 e. The van der Waals surface area contributed by atoms with E-state index >= 15 is 0 Å². The van der Waals surface area contributed by atoms with Crippen LogP contribution in [0.25, 0.3) is 5.57 Å². The van der Waals surface area contributed by atoms with Crippen molar-refractivity contribution in [3.05, 3.63) is 124 Å². The number of methoxy groups -OCH3 is 4. The molecule has 0 saturated carbocycles. The minimum atomic E-state index is -1.12. The summed E-state index contributed by atoms with van der Waals surface area (Å²) in [6, 6.07) is 25.8. The van der Waals surface area contributed by atoms with E-state index in [2.05, 4.69) is 0 Å². The van der Waals surface area contributed by atoms with Crippen LogP contribution in [-0.4, -0.2) is 63.4 Å². The molecule has 45 heavy (non-hydrogen) atoms. The first kappa shape index (κ1) is 31.1. The molecule has 0 fully saturated rings. The minimum Gasteiger partial charge on any atom is -0.493 e. The summed E-state index contributed by atoms with van der Waals surface area (Å²) in [6.07, 6.45) is -0.975. The number of rotatable bonds is 11. The molecule has 0 aliphatic carbocycles. The lowest BCUT2D eigenvalue weighted by Crippen LogP contribution is -2.59. The highest BCUT2D eigenvalue weighted by Gasteiger charge is 2.43. The average molecular weight is 608 g/mol. The van der Waals surface area contributed by atoms with Crippen LogP contribution >= 0.6 is 0 Å². The predicted octanol–water partition coefficient (Wildman–Crippen LogP) is 3.20. The zero-order valence-corrected chi connectivity index (χ0v) is 25.4. The molecule has 9 nitrogen and oxygen atoms in total. The molecule has 2 atom stereocenters. The van der Waals surface area contributed by atoms with E-state index in [1.807, 2.05) is 66.6 Å². The number of hydrogen-bond acceptors (Lipinski definition) is 8. The number of amides is 1. The lowest BCUT2D eigenvalue weighted by molar-refractivity contribution is -0.153. The van der Waals surface area contributed by atoms with Gasteiger partial charge in [0.2, 0.25) is 5.75 Å². The van der Waals surface area contributed by atoms with Crippen molar-refractivity contribution in [2.24, 2.45) is 0 Å². The predicted molar refractivity (Wildman–Crippen MR) is 166 cm³/mol. The fourth-order valence-corrected chi connectivity index (χ4v) is 5.63. The van der Waals surface area contributed by atoms with E-state index in [4.69, 9.17) is 23.7 Å². The van der Waals surface area contributed by atoms with Crippen LogP contribution in [0.3, 0.4) is 0 Å². The molecule has 0 bridgehead atoms. The van der Waals surface area contributed by atoms with Gasteiger partial charge < -0.3 is 23.7 Å². The third-order valence-corrected chi connectivity index (χ3v) is 7.71. The van der Waals surface area contributed by atoms with Crippen molar-refractivity contribution in [3.63, 3.8) is 0 Å². The van der Waals surface area contributed by atoms with E-state index < -0.39 is 24.1 Å². The molecule has 4 aromatic carbocycles. The molecule has 0 aromatic heterocycles. The Morgan fingerprint density at radius 1 is 0.822 bits per heavy atom. The Kier molecular flexibility index (Phi) is 9.63. The molecule has 1 amide bonds. The normalized spacial score (nSPS) is 14.7. The summed E-state index contributed by atoms with van der Waals surface area (Å²) in [6.45, 7) is 0.0227. The number of hydrogen-bond donors (Lipinski definition) is 0. The van der Waals surface area contributed by atoms with Crippen molar-refractivity contribution in [2.75, 3.05) is 28.4 Å². The third-order valence-electron chi connectivity index (χ3n) is 7.71. The maximum Gasteiger partial charge on any atom is 0.329 e. The lowest BCUT2D eigenvalue weighted by atomic mass is 9.90. The van der Waals surface area contributed by atoms with E-state index in [-0.39, 0.29) is 23.8 Å². The average Bonchev–Trinajstić information content (AvgIpc) is 3.09. The van der Waals surface area contributed by atoms with Gasteiger partial charge in [0, 0.05) is 29.9 Å². The van der Waals surface area contributed by atoms with E-state index in [0.29, 0.717) is 33.6 Å². The van der Waals surface area contributed by atoms with Gasteiger partial charge in [0.15, 0.2) is 17.7 Å². The monoisotopic (exact) mass is 607 g/mol. The van der Waals surface area contributed by atoms with Gasteiger partial charge in [-0.1, -0.05) is 66.7 Å². The highest BCUT2D eigenvalue weighted by atomic mass is 16.5. The van der Waals surface area contributed by atoms with Gasteiger partial charge in [0.25, 0.3) is 5.91 Å². The third kappa shape index (κ3) is 6.17. The van der Waals surface area contributed by atoms with Crippen molar-refractivity contribution in [2.45, 2.75) is 25.3 Å². The van der Waals surface area contributed by atoms with Crippen molar-refractivity contribution in [1.29, 1.82) is 0 Å². The van der Waals surface area contributed by atoms with E-state index in [0.717, 1.165) is 11.1 Å². The van der Waals surface area contributed by atoms with E-state index in [1.165, 1.54) is 33.3 Å². The topological polar surface area (TPSA) is 101 Å². The molecule has 9 heteroatoms. The second kappa shape index (κ2) is 13.9. The molecule has 0 radical (unpaired) electrons. The first-order valence-electron chi connectivity index (χ1n) is 14.2. The number of benzene rings is 4. The van der Waals surface area contributed by atoms with E-state index in [9.17, 15) is 14.4 Å². The second-order valence-electron chi connectivity index (χ2n) is 10.3. The molecule has 5 rings (SSSR count). The molecular formula is C36H33NO8. The van der Waals surface area contributed by atoms with Crippen LogP contribution in [0, 0.1) is 0 Å². The van der Waals surface area contributed by atoms with Crippen molar-refractivity contribution >= 4 is 23.4 Å². The van der Waals surface area contributed by atoms with Gasteiger partial charge in [0.1, 0.15) is 18.6 Å². The number of carbonyl (C=O) groups is 2. The van der Waals surface area contributed by atoms with Crippen LogP contribution in [-0.2, 0) is 32.1 Å². The maximum atomic E-state index is 14.4. The minimum absolute atomic E-state index is 0.0227. The Hall–Kier alpha value is -5.37. The molecule has 0 spiro atoms. The summed E-state index contributed by atoms with van der Waals surface area (Å²) in [5.74, 6) is 1.94. The summed E-state index contributed by atoms with van der Waals surface area (Å²) >= 11 is 0. The van der Waals surface area contributed by atoms with Gasteiger partial charge in [-0.15, -0.1) is 0 Å². The van der Waals surface area contributed by atoms with Crippen LogP contribution < -0.4 is 24.6 Å². The molecule has 1 aliphatic rings.